The SMILES string of the molecule is CC/C=C\C/C=C\C/C=C\C/C=C\C/C=C\C/C=C\CCC(=O)OC1C(OCC(COC(=O)CCCCCCCCC/C=C\C/C=C\CCCCC)OC(=O)CCCCC/C=C\C/C=C\C/C=C\CC)OC(C(=O)O)C(O)C1O. The smallest absolute Gasteiger partial charge is 0.335 e. The second-order valence-corrected chi connectivity index (χ2v) is 19.9. The Balaban J connectivity index is 2.75. The number of carboxylic acids is 1. The van der Waals surface area contributed by atoms with Gasteiger partial charge in [0.15, 0.2) is 24.6 Å². The van der Waals surface area contributed by atoms with Gasteiger partial charge in [-0.25, -0.2) is 4.79 Å². The first-order valence-corrected chi connectivity index (χ1v) is 30.2. The number of hydrogen-bond donors (Lipinski definition) is 3. The summed E-state index contributed by atoms with van der Waals surface area (Å²) in [6.07, 6.45) is 62.9. The molecule has 0 aromatic heterocycles. The maximum absolute atomic E-state index is 13.1. The highest BCUT2D eigenvalue weighted by Crippen LogP contribution is 2.26. The van der Waals surface area contributed by atoms with E-state index in [4.69, 9.17) is 23.7 Å². The Morgan fingerprint density at radius 3 is 1.28 bits per heavy atom. The van der Waals surface area contributed by atoms with Crippen molar-refractivity contribution in [1.29, 1.82) is 0 Å². The Morgan fingerprint density at radius 2 is 0.823 bits per heavy atom. The highest BCUT2D eigenvalue weighted by atomic mass is 16.7. The summed E-state index contributed by atoms with van der Waals surface area (Å²) >= 11 is 0. The van der Waals surface area contributed by atoms with Gasteiger partial charge in [0.1, 0.15) is 18.8 Å². The number of esters is 3. The molecule has 12 nitrogen and oxygen atoms in total. The van der Waals surface area contributed by atoms with Gasteiger partial charge >= 0.3 is 23.9 Å². The number of aliphatic hydroxyl groups is 2. The average Bonchev–Trinajstić information content (AvgIpc) is 3.46. The number of hydrogen-bond acceptors (Lipinski definition) is 11. The molecule has 0 aromatic carbocycles. The Bertz CT molecular complexity index is 1880. The fraction of sp³-hybridized carbons (Fsp3) is 0.612. The van der Waals surface area contributed by atoms with E-state index in [-0.39, 0.29) is 25.9 Å². The number of ether oxygens (including phenoxy) is 5. The normalized spacial score (nSPS) is 18.8. The van der Waals surface area contributed by atoms with Crippen LogP contribution in [-0.4, -0.2) is 89.2 Å². The lowest BCUT2D eigenvalue weighted by Crippen LogP contribution is -2.61. The van der Waals surface area contributed by atoms with E-state index >= 15 is 0 Å². The second kappa shape index (κ2) is 53.5. The Hall–Kier alpha value is -5.14. The molecule has 1 rings (SSSR count). The fourth-order valence-corrected chi connectivity index (χ4v) is 8.14. The van der Waals surface area contributed by atoms with Gasteiger partial charge in [0.25, 0.3) is 0 Å². The lowest BCUT2D eigenvalue weighted by Gasteiger charge is -2.40. The Kier molecular flexibility index (Phi) is 48.7. The number of carboxylic acid groups (broad SMARTS) is 1. The topological polar surface area (TPSA) is 175 Å². The zero-order chi connectivity index (χ0) is 57.5. The van der Waals surface area contributed by atoms with Gasteiger partial charge in [-0.3, -0.25) is 14.4 Å². The molecule has 0 bridgehead atoms. The molecule has 79 heavy (non-hydrogen) atoms. The maximum atomic E-state index is 13.1. The summed E-state index contributed by atoms with van der Waals surface area (Å²) < 4.78 is 28.3. The van der Waals surface area contributed by atoms with E-state index in [1.807, 2.05) is 18.2 Å². The minimum absolute atomic E-state index is 0.0762. The van der Waals surface area contributed by atoms with Gasteiger partial charge in [0, 0.05) is 19.3 Å². The van der Waals surface area contributed by atoms with Gasteiger partial charge < -0.3 is 39.0 Å². The first-order valence-electron chi connectivity index (χ1n) is 30.2. The van der Waals surface area contributed by atoms with Gasteiger partial charge in [-0.05, 0) is 122 Å². The molecule has 3 N–H and O–H groups in total. The molecule has 1 saturated heterocycles. The minimum atomic E-state index is -1.94. The molecule has 0 aromatic rings. The van der Waals surface area contributed by atoms with Gasteiger partial charge in [0.2, 0.25) is 0 Å². The monoisotopic (exact) mass is 1100 g/mol. The summed E-state index contributed by atoms with van der Waals surface area (Å²) in [4.78, 5) is 51.1. The van der Waals surface area contributed by atoms with Crippen LogP contribution in [0.25, 0.3) is 0 Å². The van der Waals surface area contributed by atoms with Crippen molar-refractivity contribution in [1.82, 2.24) is 0 Å². The average molecular weight is 1100 g/mol. The molecular formula is C67H104O12. The first-order chi connectivity index (χ1) is 38.6. The van der Waals surface area contributed by atoms with E-state index in [1.54, 1.807) is 0 Å². The molecule has 1 aliphatic rings. The van der Waals surface area contributed by atoms with Crippen molar-refractivity contribution in [2.24, 2.45) is 0 Å². The number of unbranched alkanes of at least 4 members (excludes halogenated alkanes) is 13. The summed E-state index contributed by atoms with van der Waals surface area (Å²) in [6, 6.07) is 0. The van der Waals surface area contributed by atoms with Crippen LogP contribution in [0.15, 0.2) is 134 Å². The van der Waals surface area contributed by atoms with Crippen molar-refractivity contribution in [2.45, 2.75) is 250 Å². The number of aliphatic carboxylic acids is 1. The van der Waals surface area contributed by atoms with Crippen molar-refractivity contribution in [3.05, 3.63) is 134 Å². The van der Waals surface area contributed by atoms with Crippen molar-refractivity contribution in [3.63, 3.8) is 0 Å². The summed E-state index contributed by atoms with van der Waals surface area (Å²) in [7, 11) is 0. The summed E-state index contributed by atoms with van der Waals surface area (Å²) in [6.45, 7) is 5.66. The highest BCUT2D eigenvalue weighted by molar-refractivity contribution is 5.74. The molecule has 0 saturated carbocycles. The van der Waals surface area contributed by atoms with Crippen LogP contribution < -0.4 is 0 Å². The first kappa shape index (κ1) is 71.9. The van der Waals surface area contributed by atoms with Crippen LogP contribution in [0.4, 0.5) is 0 Å². The van der Waals surface area contributed by atoms with Crippen LogP contribution in [0.5, 0.6) is 0 Å². The molecule has 1 fully saturated rings. The molecule has 1 heterocycles. The van der Waals surface area contributed by atoms with Crippen molar-refractivity contribution in [2.75, 3.05) is 13.2 Å². The van der Waals surface area contributed by atoms with E-state index in [0.717, 1.165) is 109 Å². The Morgan fingerprint density at radius 1 is 0.430 bits per heavy atom. The quantitative estimate of drug-likeness (QED) is 0.0228. The van der Waals surface area contributed by atoms with Crippen LogP contribution in [0.2, 0.25) is 0 Å². The Labute approximate surface area is 477 Å². The van der Waals surface area contributed by atoms with E-state index in [2.05, 4.69) is 136 Å². The zero-order valence-corrected chi connectivity index (χ0v) is 48.8. The molecule has 6 atom stereocenters. The standard InChI is InChI=1S/C67H104O12/c1-4-7-10-13-16-19-22-25-27-29-30-32-34-37-40-43-46-49-52-55-61(70)78-65-63(72)62(71)64(66(73)74)79-67(65)76-57-58(77-60(69)54-51-48-45-42-39-35-24-21-18-15-12-9-6-3)56-75-59(68)53-50-47-44-41-38-36-33-31-28-26-23-20-17-14-11-8-5-2/h7,9-10,12,16-21,25-28,30,32,35,37,39-40,46,49,58,62-65,67,71-72H,4-6,8,11,13-15,22-24,29,31,33-34,36,38,41-45,47-48,50-57H2,1-3H3,(H,73,74)/b10-7-,12-9-,19-16-,20-17-,21-18-,27-25-,28-26-,32-30-,39-35-,40-37-,49-46-. The second-order valence-electron chi connectivity index (χ2n) is 19.9. The fourth-order valence-electron chi connectivity index (χ4n) is 8.14. The van der Waals surface area contributed by atoms with E-state index < -0.39 is 67.3 Å². The number of aliphatic hydroxyl groups excluding tert-OH is 2. The van der Waals surface area contributed by atoms with Crippen LogP contribution in [-0.2, 0) is 42.9 Å². The number of carbonyl (C=O) groups excluding carboxylic acids is 3. The predicted octanol–water partition coefficient (Wildman–Crippen LogP) is 15.8. The minimum Gasteiger partial charge on any atom is -0.479 e. The largest absolute Gasteiger partial charge is 0.479 e. The number of rotatable bonds is 49. The highest BCUT2D eigenvalue weighted by Gasteiger charge is 2.50. The molecule has 1 aliphatic heterocycles. The molecule has 0 radical (unpaired) electrons. The van der Waals surface area contributed by atoms with E-state index in [9.17, 15) is 34.5 Å². The lowest BCUT2D eigenvalue weighted by atomic mass is 9.98. The summed E-state index contributed by atoms with van der Waals surface area (Å²) in [5, 5.41) is 31.5. The predicted molar refractivity (Wildman–Crippen MR) is 321 cm³/mol. The van der Waals surface area contributed by atoms with Gasteiger partial charge in [0.05, 0.1) is 6.61 Å². The van der Waals surface area contributed by atoms with Crippen LogP contribution in [0, 0.1) is 0 Å². The van der Waals surface area contributed by atoms with E-state index in [1.165, 1.54) is 38.5 Å². The molecular weight excluding hydrogens is 997 g/mol. The summed E-state index contributed by atoms with van der Waals surface area (Å²) in [5.74, 6) is -3.30. The molecule has 0 amide bonds. The lowest BCUT2D eigenvalue weighted by molar-refractivity contribution is -0.301. The number of allylic oxidation sites excluding steroid dienone is 22. The van der Waals surface area contributed by atoms with Gasteiger partial charge in [-0.2, -0.15) is 0 Å². The van der Waals surface area contributed by atoms with Gasteiger partial charge in [-0.15, -0.1) is 0 Å². The van der Waals surface area contributed by atoms with Gasteiger partial charge in [-0.1, -0.05) is 206 Å². The van der Waals surface area contributed by atoms with Crippen LogP contribution in [0.3, 0.4) is 0 Å². The molecule has 12 heteroatoms. The van der Waals surface area contributed by atoms with Crippen molar-refractivity contribution < 1.29 is 58.2 Å². The van der Waals surface area contributed by atoms with Crippen molar-refractivity contribution in [3.8, 4) is 0 Å². The maximum Gasteiger partial charge on any atom is 0.335 e. The van der Waals surface area contributed by atoms with Crippen molar-refractivity contribution >= 4 is 23.9 Å². The zero-order valence-electron chi connectivity index (χ0n) is 48.8. The molecule has 0 aliphatic carbocycles. The number of carbonyl (C=O) groups is 4. The third-order valence-electron chi connectivity index (χ3n) is 12.7. The third-order valence-corrected chi connectivity index (χ3v) is 12.7. The third kappa shape index (κ3) is 43.4. The molecule has 444 valence electrons. The van der Waals surface area contributed by atoms with Crippen LogP contribution in [0.1, 0.15) is 213 Å². The molecule has 0 spiro atoms. The van der Waals surface area contributed by atoms with E-state index in [0.29, 0.717) is 25.7 Å². The van der Waals surface area contributed by atoms with Crippen LogP contribution >= 0.6 is 0 Å². The summed E-state index contributed by atoms with van der Waals surface area (Å²) in [5.41, 5.74) is 0. The molecule has 6 unspecified atom stereocenters.